The molecule has 4 rings (SSSR count). The normalized spacial score (nSPS) is 13.2. The molecular weight excluding hydrogens is 348 g/mol. The van der Waals surface area contributed by atoms with Gasteiger partial charge in [-0.15, -0.1) is 10.2 Å². The molecule has 3 heterocycles. The molecule has 0 saturated heterocycles. The highest BCUT2D eigenvalue weighted by molar-refractivity contribution is 6.31. The Morgan fingerprint density at radius 2 is 2.04 bits per heavy atom. The van der Waals surface area contributed by atoms with E-state index in [4.69, 9.17) is 16.6 Å². The van der Waals surface area contributed by atoms with Crippen LogP contribution in [0.3, 0.4) is 0 Å². The van der Waals surface area contributed by atoms with E-state index >= 15 is 0 Å². The molecule has 6 nitrogen and oxygen atoms in total. The fourth-order valence-corrected chi connectivity index (χ4v) is 3.24. The molecular formula is C19H19ClN6. The molecule has 0 atom stereocenters. The fourth-order valence-electron chi connectivity index (χ4n) is 3.07. The zero-order valence-electron chi connectivity index (χ0n) is 14.7. The SMILES string of the molecule is CN(C)CCc1nnc2n1-c1ccc(Cl)cc1C(c1ccccn1)=NC2. The molecule has 2 aromatic heterocycles. The van der Waals surface area contributed by atoms with Gasteiger partial charge in [0.25, 0.3) is 0 Å². The predicted molar refractivity (Wildman–Crippen MR) is 102 cm³/mol. The van der Waals surface area contributed by atoms with E-state index in [2.05, 4.69) is 38.7 Å². The molecule has 132 valence electrons. The van der Waals surface area contributed by atoms with E-state index in [1.54, 1.807) is 6.20 Å². The number of pyridine rings is 1. The first-order chi connectivity index (χ1) is 12.6. The van der Waals surface area contributed by atoms with Crippen LogP contribution in [0.2, 0.25) is 5.02 Å². The van der Waals surface area contributed by atoms with Crippen LogP contribution < -0.4 is 0 Å². The second-order valence-corrected chi connectivity index (χ2v) is 6.90. The maximum absolute atomic E-state index is 6.30. The second-order valence-electron chi connectivity index (χ2n) is 6.46. The lowest BCUT2D eigenvalue weighted by Crippen LogP contribution is -2.18. The summed E-state index contributed by atoms with van der Waals surface area (Å²) in [5.74, 6) is 1.75. The summed E-state index contributed by atoms with van der Waals surface area (Å²) in [6.07, 6.45) is 2.58. The number of halogens is 1. The zero-order valence-corrected chi connectivity index (χ0v) is 15.5. The summed E-state index contributed by atoms with van der Waals surface area (Å²) in [7, 11) is 4.10. The molecule has 1 aliphatic heterocycles. The van der Waals surface area contributed by atoms with Gasteiger partial charge in [0.05, 0.1) is 17.1 Å². The number of rotatable bonds is 4. The van der Waals surface area contributed by atoms with E-state index in [1.807, 2.05) is 36.4 Å². The first-order valence-corrected chi connectivity index (χ1v) is 8.85. The molecule has 0 unspecified atom stereocenters. The molecule has 0 amide bonds. The minimum atomic E-state index is 0.452. The number of fused-ring (bicyclic) bond motifs is 3. The van der Waals surface area contributed by atoms with Gasteiger partial charge in [0.1, 0.15) is 12.4 Å². The first kappa shape index (κ1) is 16.9. The van der Waals surface area contributed by atoms with Crippen molar-refractivity contribution < 1.29 is 0 Å². The minimum absolute atomic E-state index is 0.452. The Hall–Kier alpha value is -2.57. The van der Waals surface area contributed by atoms with Crippen molar-refractivity contribution >= 4 is 17.3 Å². The first-order valence-electron chi connectivity index (χ1n) is 8.47. The smallest absolute Gasteiger partial charge is 0.159 e. The van der Waals surface area contributed by atoms with Crippen LogP contribution >= 0.6 is 11.6 Å². The number of benzene rings is 1. The largest absolute Gasteiger partial charge is 0.309 e. The van der Waals surface area contributed by atoms with Crippen molar-refractivity contribution in [2.75, 3.05) is 20.6 Å². The molecule has 26 heavy (non-hydrogen) atoms. The molecule has 7 heteroatoms. The van der Waals surface area contributed by atoms with Crippen LogP contribution in [0.1, 0.15) is 22.9 Å². The van der Waals surface area contributed by atoms with Gasteiger partial charge in [-0.05, 0) is 44.4 Å². The van der Waals surface area contributed by atoms with E-state index in [0.717, 1.165) is 47.3 Å². The highest BCUT2D eigenvalue weighted by Crippen LogP contribution is 2.27. The van der Waals surface area contributed by atoms with Crippen LogP contribution in [0.25, 0.3) is 5.69 Å². The van der Waals surface area contributed by atoms with Gasteiger partial charge in [-0.1, -0.05) is 17.7 Å². The van der Waals surface area contributed by atoms with Gasteiger partial charge >= 0.3 is 0 Å². The number of aromatic nitrogens is 4. The molecule has 0 aliphatic carbocycles. The topological polar surface area (TPSA) is 59.2 Å². The van der Waals surface area contributed by atoms with Crippen LogP contribution in [-0.4, -0.2) is 51.0 Å². The van der Waals surface area contributed by atoms with Gasteiger partial charge in [-0.25, -0.2) is 0 Å². The van der Waals surface area contributed by atoms with Crippen molar-refractivity contribution in [2.24, 2.45) is 4.99 Å². The van der Waals surface area contributed by atoms with Crippen LogP contribution in [0.15, 0.2) is 47.6 Å². The van der Waals surface area contributed by atoms with E-state index in [9.17, 15) is 0 Å². The predicted octanol–water partition coefficient (Wildman–Crippen LogP) is 2.77. The number of hydrogen-bond acceptors (Lipinski definition) is 5. The monoisotopic (exact) mass is 366 g/mol. The summed E-state index contributed by atoms with van der Waals surface area (Å²) in [4.78, 5) is 11.4. The van der Waals surface area contributed by atoms with E-state index < -0.39 is 0 Å². The van der Waals surface area contributed by atoms with Crippen LogP contribution in [0.5, 0.6) is 0 Å². The van der Waals surface area contributed by atoms with Crippen LogP contribution in [0, 0.1) is 0 Å². The molecule has 0 saturated carbocycles. The molecule has 3 aromatic rings. The number of likely N-dealkylation sites (N-methyl/N-ethyl adjacent to an activating group) is 1. The second kappa shape index (κ2) is 6.97. The summed E-state index contributed by atoms with van der Waals surface area (Å²) in [6.45, 7) is 1.35. The Morgan fingerprint density at radius 3 is 2.81 bits per heavy atom. The number of nitrogens with zero attached hydrogens (tertiary/aromatic N) is 6. The lowest BCUT2D eigenvalue weighted by atomic mass is 10.0. The summed E-state index contributed by atoms with van der Waals surface area (Å²) in [5.41, 5.74) is 3.59. The van der Waals surface area contributed by atoms with Crippen molar-refractivity contribution in [1.82, 2.24) is 24.6 Å². The molecule has 1 aromatic carbocycles. The van der Waals surface area contributed by atoms with Gasteiger partial charge in [-0.3, -0.25) is 14.5 Å². The van der Waals surface area contributed by atoms with Crippen molar-refractivity contribution in [1.29, 1.82) is 0 Å². The summed E-state index contributed by atoms with van der Waals surface area (Å²) in [5, 5.41) is 9.44. The standard InChI is InChI=1S/C19H19ClN6/c1-25(2)10-8-17-23-24-18-12-22-19(15-5-3-4-9-21-15)14-11-13(20)6-7-16(14)26(17)18/h3-7,9,11H,8,10,12H2,1-2H3. The van der Waals surface area contributed by atoms with Crippen molar-refractivity contribution in [3.05, 3.63) is 70.5 Å². The molecule has 0 spiro atoms. The molecule has 0 fully saturated rings. The third-order valence-electron chi connectivity index (χ3n) is 4.32. The molecule has 0 bridgehead atoms. The van der Waals surface area contributed by atoms with Crippen molar-refractivity contribution in [3.63, 3.8) is 0 Å². The Balaban J connectivity index is 1.87. The van der Waals surface area contributed by atoms with E-state index in [1.165, 1.54) is 0 Å². The third kappa shape index (κ3) is 3.13. The average Bonchev–Trinajstić information content (AvgIpc) is 2.97. The van der Waals surface area contributed by atoms with Gasteiger partial charge in [-0.2, -0.15) is 0 Å². The third-order valence-corrected chi connectivity index (χ3v) is 4.56. The maximum atomic E-state index is 6.30. The molecule has 1 aliphatic rings. The Bertz CT molecular complexity index is 961. The summed E-state index contributed by atoms with van der Waals surface area (Å²) in [6, 6.07) is 11.7. The summed E-state index contributed by atoms with van der Waals surface area (Å²) < 4.78 is 2.11. The Kier molecular flexibility index (Phi) is 4.53. The van der Waals surface area contributed by atoms with Gasteiger partial charge in [0.15, 0.2) is 5.82 Å². The zero-order chi connectivity index (χ0) is 18.1. The highest BCUT2D eigenvalue weighted by Gasteiger charge is 2.23. The fraction of sp³-hybridized carbons (Fsp3) is 0.263. The Labute approximate surface area is 157 Å². The number of aliphatic imine (C=N–C) groups is 1. The van der Waals surface area contributed by atoms with Crippen molar-refractivity contribution in [3.8, 4) is 5.69 Å². The van der Waals surface area contributed by atoms with Crippen LogP contribution in [-0.2, 0) is 13.0 Å². The minimum Gasteiger partial charge on any atom is -0.309 e. The van der Waals surface area contributed by atoms with E-state index in [0.29, 0.717) is 11.6 Å². The Morgan fingerprint density at radius 1 is 1.15 bits per heavy atom. The van der Waals surface area contributed by atoms with Crippen LogP contribution in [0.4, 0.5) is 0 Å². The van der Waals surface area contributed by atoms with Gasteiger partial charge in [0.2, 0.25) is 0 Å². The lowest BCUT2D eigenvalue weighted by molar-refractivity contribution is 0.408. The van der Waals surface area contributed by atoms with E-state index in [-0.39, 0.29) is 0 Å². The maximum Gasteiger partial charge on any atom is 0.159 e. The molecule has 0 radical (unpaired) electrons. The number of hydrogen-bond donors (Lipinski definition) is 0. The van der Waals surface area contributed by atoms with Crippen molar-refractivity contribution in [2.45, 2.75) is 13.0 Å². The quantitative estimate of drug-likeness (QED) is 0.712. The van der Waals surface area contributed by atoms with Gasteiger partial charge in [0, 0.05) is 29.7 Å². The summed E-state index contributed by atoms with van der Waals surface area (Å²) >= 11 is 6.30. The lowest BCUT2D eigenvalue weighted by Gasteiger charge is -2.14. The highest BCUT2D eigenvalue weighted by atomic mass is 35.5. The average molecular weight is 367 g/mol. The molecule has 0 N–H and O–H groups in total. The van der Waals surface area contributed by atoms with Gasteiger partial charge < -0.3 is 4.90 Å².